The molecule has 0 saturated carbocycles. The number of unbranched alkanes of at least 4 members (excludes halogenated alkanes) is 2. The number of likely N-dealkylation sites (tertiary alicyclic amines) is 1. The Labute approximate surface area is 216 Å². The predicted octanol–water partition coefficient (Wildman–Crippen LogP) is 6.94. The molecule has 1 aliphatic rings. The van der Waals surface area contributed by atoms with Gasteiger partial charge in [-0.1, -0.05) is 43.0 Å². The molecule has 35 heavy (non-hydrogen) atoms. The van der Waals surface area contributed by atoms with Crippen LogP contribution in [0.3, 0.4) is 0 Å². The molecule has 1 atom stereocenters. The van der Waals surface area contributed by atoms with E-state index in [0.717, 1.165) is 37.1 Å². The lowest BCUT2D eigenvalue weighted by atomic mass is 10.0. The van der Waals surface area contributed by atoms with Crippen molar-refractivity contribution >= 4 is 29.0 Å². The van der Waals surface area contributed by atoms with Crippen LogP contribution in [0.5, 0.6) is 5.75 Å². The Morgan fingerprint density at radius 1 is 1.17 bits per heavy atom. The molecule has 6 nitrogen and oxygen atoms in total. The summed E-state index contributed by atoms with van der Waals surface area (Å²) in [6.07, 6.45) is 11.0. The van der Waals surface area contributed by atoms with Crippen LogP contribution in [0.4, 0.5) is 10.2 Å². The van der Waals surface area contributed by atoms with Gasteiger partial charge in [0.25, 0.3) is 0 Å². The number of nitrogens with two attached hydrogens (primary N) is 1. The monoisotopic (exact) mass is 519 g/mol. The Bertz CT molecular complexity index is 1150. The Morgan fingerprint density at radius 2 is 1.94 bits per heavy atom. The van der Waals surface area contributed by atoms with Crippen LogP contribution in [0.2, 0.25) is 10.0 Å². The Hall–Kier alpha value is -2.35. The molecular weight excluding hydrogens is 488 g/mol. The first-order valence-electron chi connectivity index (χ1n) is 12.2. The molecule has 188 valence electrons. The SMILES string of the molecule is CCCCCN1CCC(n2cc(-c3cnc(N)c(O[C@H](C)c4c(Cl)ccc(F)c4Cl)c3)cn2)CC1. The van der Waals surface area contributed by atoms with Crippen molar-refractivity contribution in [3.05, 3.63) is 58.2 Å². The summed E-state index contributed by atoms with van der Waals surface area (Å²) in [4.78, 5) is 6.86. The molecule has 0 radical (unpaired) electrons. The van der Waals surface area contributed by atoms with E-state index in [1.807, 2.05) is 12.3 Å². The standard InChI is InChI=1S/C26H32Cl2FN5O/c1-3-4-5-10-33-11-8-20(9-12-33)34-16-19(15-32-34)18-13-23(26(30)31-14-18)35-17(2)24-21(27)6-7-22(29)25(24)28/h6-7,13-17,20H,3-5,8-12H2,1-2H3,(H2,30,31)/t17-/m1/s1. The molecule has 3 heterocycles. The molecule has 1 aliphatic heterocycles. The summed E-state index contributed by atoms with van der Waals surface area (Å²) in [6.45, 7) is 7.38. The molecule has 0 amide bonds. The zero-order valence-corrected chi connectivity index (χ0v) is 21.7. The number of benzene rings is 1. The lowest BCUT2D eigenvalue weighted by Gasteiger charge is -2.32. The molecule has 3 aromatic rings. The van der Waals surface area contributed by atoms with Crippen LogP contribution in [-0.2, 0) is 0 Å². The van der Waals surface area contributed by atoms with Crippen LogP contribution in [-0.4, -0.2) is 39.3 Å². The number of hydrogen-bond acceptors (Lipinski definition) is 5. The van der Waals surface area contributed by atoms with E-state index in [1.165, 1.54) is 37.9 Å². The minimum absolute atomic E-state index is 0.0645. The van der Waals surface area contributed by atoms with E-state index in [1.54, 1.807) is 13.1 Å². The third-order valence-electron chi connectivity index (χ3n) is 6.62. The third-order valence-corrected chi connectivity index (χ3v) is 7.33. The van der Waals surface area contributed by atoms with Crippen LogP contribution < -0.4 is 10.5 Å². The number of hydrogen-bond donors (Lipinski definition) is 1. The molecule has 1 saturated heterocycles. The number of nitrogen functional groups attached to an aromatic ring is 1. The Balaban J connectivity index is 1.45. The van der Waals surface area contributed by atoms with Gasteiger partial charge in [-0.15, -0.1) is 0 Å². The van der Waals surface area contributed by atoms with Gasteiger partial charge in [-0.25, -0.2) is 9.37 Å². The first-order valence-corrected chi connectivity index (χ1v) is 13.0. The third kappa shape index (κ3) is 6.08. The largest absolute Gasteiger partial charge is 0.482 e. The van der Waals surface area contributed by atoms with E-state index in [9.17, 15) is 4.39 Å². The minimum Gasteiger partial charge on any atom is -0.482 e. The van der Waals surface area contributed by atoms with Crippen molar-refractivity contribution in [3.63, 3.8) is 0 Å². The fraction of sp³-hybridized carbons (Fsp3) is 0.462. The first kappa shape index (κ1) is 25.7. The maximum atomic E-state index is 14.0. The maximum absolute atomic E-state index is 14.0. The number of nitrogens with zero attached hydrogens (tertiary/aromatic N) is 4. The number of aromatic nitrogens is 3. The van der Waals surface area contributed by atoms with Crippen molar-refractivity contribution in [2.24, 2.45) is 0 Å². The number of anilines is 1. The quantitative estimate of drug-likeness (QED) is 0.245. The molecule has 0 spiro atoms. The second-order valence-corrected chi connectivity index (χ2v) is 9.90. The van der Waals surface area contributed by atoms with Gasteiger partial charge in [-0.05, 0) is 50.9 Å². The van der Waals surface area contributed by atoms with Crippen molar-refractivity contribution in [2.75, 3.05) is 25.4 Å². The second-order valence-electron chi connectivity index (χ2n) is 9.11. The summed E-state index contributed by atoms with van der Waals surface area (Å²) >= 11 is 12.4. The van der Waals surface area contributed by atoms with Crippen molar-refractivity contribution in [1.82, 2.24) is 19.7 Å². The van der Waals surface area contributed by atoms with Gasteiger partial charge in [0.2, 0.25) is 0 Å². The molecule has 0 unspecified atom stereocenters. The van der Waals surface area contributed by atoms with Crippen molar-refractivity contribution in [3.8, 4) is 16.9 Å². The van der Waals surface area contributed by atoms with E-state index < -0.39 is 11.9 Å². The fourth-order valence-electron chi connectivity index (χ4n) is 4.55. The van der Waals surface area contributed by atoms with Gasteiger partial charge in [-0.2, -0.15) is 5.10 Å². The van der Waals surface area contributed by atoms with E-state index in [2.05, 4.69) is 32.8 Å². The van der Waals surface area contributed by atoms with Gasteiger partial charge >= 0.3 is 0 Å². The number of halogens is 3. The van der Waals surface area contributed by atoms with Gasteiger partial charge in [0.1, 0.15) is 11.9 Å². The zero-order valence-electron chi connectivity index (χ0n) is 20.2. The lowest BCUT2D eigenvalue weighted by Crippen LogP contribution is -2.35. The van der Waals surface area contributed by atoms with Crippen LogP contribution >= 0.6 is 23.2 Å². The maximum Gasteiger partial charge on any atom is 0.166 e. The zero-order chi connectivity index (χ0) is 24.9. The van der Waals surface area contributed by atoms with Gasteiger partial charge in [0, 0.05) is 47.2 Å². The van der Waals surface area contributed by atoms with Gasteiger partial charge in [-0.3, -0.25) is 4.68 Å². The highest BCUT2D eigenvalue weighted by Gasteiger charge is 2.22. The number of pyridine rings is 1. The van der Waals surface area contributed by atoms with E-state index >= 15 is 0 Å². The summed E-state index contributed by atoms with van der Waals surface area (Å²) in [6, 6.07) is 4.89. The molecule has 2 N–H and O–H groups in total. The molecule has 4 rings (SSSR count). The molecule has 1 fully saturated rings. The predicted molar refractivity (Wildman–Crippen MR) is 140 cm³/mol. The summed E-state index contributed by atoms with van der Waals surface area (Å²) in [5, 5.41) is 4.89. The molecule has 0 aliphatic carbocycles. The molecular formula is C26H32Cl2FN5O. The van der Waals surface area contributed by atoms with Crippen LogP contribution in [0.1, 0.15) is 63.7 Å². The average molecular weight is 520 g/mol. The smallest absolute Gasteiger partial charge is 0.166 e. The topological polar surface area (TPSA) is 69.2 Å². The Morgan fingerprint density at radius 3 is 2.69 bits per heavy atom. The second kappa shape index (κ2) is 11.6. The van der Waals surface area contributed by atoms with Gasteiger partial charge in [0.05, 0.1) is 17.3 Å². The summed E-state index contributed by atoms with van der Waals surface area (Å²) in [7, 11) is 0. The molecule has 1 aromatic carbocycles. The lowest BCUT2D eigenvalue weighted by molar-refractivity contribution is 0.177. The first-order chi connectivity index (χ1) is 16.9. The summed E-state index contributed by atoms with van der Waals surface area (Å²) in [5.74, 6) is 0.0483. The summed E-state index contributed by atoms with van der Waals surface area (Å²) in [5.41, 5.74) is 8.21. The van der Waals surface area contributed by atoms with E-state index in [-0.39, 0.29) is 10.8 Å². The van der Waals surface area contributed by atoms with E-state index in [0.29, 0.717) is 22.4 Å². The highest BCUT2D eigenvalue weighted by Crippen LogP contribution is 2.37. The van der Waals surface area contributed by atoms with Crippen LogP contribution in [0.15, 0.2) is 36.8 Å². The molecule has 9 heteroatoms. The normalized spacial score (nSPS) is 15.9. The van der Waals surface area contributed by atoms with Crippen molar-refractivity contribution in [1.29, 1.82) is 0 Å². The summed E-state index contributed by atoms with van der Waals surface area (Å²) < 4.78 is 22.1. The number of rotatable bonds is 9. The van der Waals surface area contributed by atoms with E-state index in [4.69, 9.17) is 33.7 Å². The molecule has 2 aromatic heterocycles. The van der Waals surface area contributed by atoms with Crippen LogP contribution in [0.25, 0.3) is 11.1 Å². The average Bonchev–Trinajstić information content (AvgIpc) is 3.34. The van der Waals surface area contributed by atoms with Crippen molar-refractivity contribution < 1.29 is 9.13 Å². The highest BCUT2D eigenvalue weighted by atomic mass is 35.5. The minimum atomic E-state index is -0.629. The van der Waals surface area contributed by atoms with Gasteiger partial charge in [0.15, 0.2) is 11.6 Å². The van der Waals surface area contributed by atoms with Crippen molar-refractivity contribution in [2.45, 2.75) is 58.1 Å². The Kier molecular flexibility index (Phi) is 8.52. The fourth-order valence-corrected chi connectivity index (χ4v) is 5.23. The molecule has 0 bridgehead atoms. The number of piperidine rings is 1. The van der Waals surface area contributed by atoms with Crippen LogP contribution in [0, 0.1) is 5.82 Å². The van der Waals surface area contributed by atoms with Gasteiger partial charge < -0.3 is 15.4 Å². The highest BCUT2D eigenvalue weighted by molar-refractivity contribution is 6.36. The number of ether oxygens (including phenoxy) is 1.